The van der Waals surface area contributed by atoms with Crippen molar-refractivity contribution in [1.82, 2.24) is 9.62 Å². The summed E-state index contributed by atoms with van der Waals surface area (Å²) in [5.41, 5.74) is 0.910. The van der Waals surface area contributed by atoms with Crippen LogP contribution in [-0.4, -0.2) is 51.5 Å². The van der Waals surface area contributed by atoms with Gasteiger partial charge >= 0.3 is 0 Å². The molecule has 2 aromatic rings. The van der Waals surface area contributed by atoms with Gasteiger partial charge in [0, 0.05) is 26.7 Å². The second kappa shape index (κ2) is 9.87. The molecule has 1 aliphatic heterocycles. The summed E-state index contributed by atoms with van der Waals surface area (Å²) in [6, 6.07) is 15.5. The quantitative estimate of drug-likeness (QED) is 0.675. The summed E-state index contributed by atoms with van der Waals surface area (Å²) >= 11 is 0. The molecule has 1 fully saturated rings. The van der Waals surface area contributed by atoms with Crippen molar-refractivity contribution in [3.05, 3.63) is 60.2 Å². The second-order valence-corrected chi connectivity index (χ2v) is 8.99. The van der Waals surface area contributed by atoms with Gasteiger partial charge in [-0.15, -0.1) is 0 Å². The number of nitrogens with one attached hydrogen (secondary N) is 1. The van der Waals surface area contributed by atoms with Gasteiger partial charge in [0.15, 0.2) is 6.61 Å². The molecule has 1 heterocycles. The molecule has 29 heavy (non-hydrogen) atoms. The zero-order chi connectivity index (χ0) is 20.7. The van der Waals surface area contributed by atoms with E-state index in [0.29, 0.717) is 12.3 Å². The first-order chi connectivity index (χ1) is 13.9. The van der Waals surface area contributed by atoms with Crippen molar-refractivity contribution < 1.29 is 22.7 Å². The van der Waals surface area contributed by atoms with Gasteiger partial charge in [-0.3, -0.25) is 4.79 Å². The van der Waals surface area contributed by atoms with E-state index in [0.717, 1.165) is 25.0 Å². The lowest BCUT2D eigenvalue weighted by molar-refractivity contribution is -0.123. The molecule has 1 aliphatic rings. The molecule has 0 spiro atoms. The van der Waals surface area contributed by atoms with E-state index < -0.39 is 10.0 Å². The van der Waals surface area contributed by atoms with E-state index in [2.05, 4.69) is 5.32 Å². The van der Waals surface area contributed by atoms with E-state index in [1.165, 1.54) is 16.4 Å². The van der Waals surface area contributed by atoms with Gasteiger partial charge in [-0.25, -0.2) is 8.42 Å². The lowest BCUT2D eigenvalue weighted by Gasteiger charge is -2.17. The monoisotopic (exact) mass is 418 g/mol. The minimum atomic E-state index is -3.62. The van der Waals surface area contributed by atoms with Gasteiger partial charge in [-0.05, 0) is 42.7 Å². The number of carbonyl (C=O) groups excluding carboxylic acids is 1. The predicted octanol–water partition coefficient (Wildman–Crippen LogP) is 2.18. The normalized spacial score (nSPS) is 16.7. The van der Waals surface area contributed by atoms with E-state index in [-0.39, 0.29) is 30.1 Å². The SMILES string of the molecule is CN(Cc1ccccc1)S(=O)(=O)c1ccc(OCC(=O)NC[C@H]2CCCO2)cc1. The van der Waals surface area contributed by atoms with Gasteiger partial charge in [0.2, 0.25) is 10.0 Å². The fourth-order valence-electron chi connectivity index (χ4n) is 3.05. The average molecular weight is 419 g/mol. The van der Waals surface area contributed by atoms with Crippen molar-refractivity contribution in [3.63, 3.8) is 0 Å². The number of sulfonamides is 1. The van der Waals surface area contributed by atoms with Gasteiger partial charge in [-0.2, -0.15) is 4.31 Å². The highest BCUT2D eigenvalue weighted by Gasteiger charge is 2.21. The Morgan fingerprint density at radius 2 is 1.90 bits per heavy atom. The number of rotatable bonds is 9. The van der Waals surface area contributed by atoms with Gasteiger partial charge in [0.05, 0.1) is 11.0 Å². The van der Waals surface area contributed by atoms with Gasteiger partial charge in [-0.1, -0.05) is 30.3 Å². The number of hydrogen-bond acceptors (Lipinski definition) is 5. The number of carbonyl (C=O) groups is 1. The van der Waals surface area contributed by atoms with Crippen molar-refractivity contribution in [2.75, 3.05) is 26.8 Å². The molecule has 156 valence electrons. The summed E-state index contributed by atoms with van der Waals surface area (Å²) in [5, 5.41) is 2.78. The molecule has 0 radical (unpaired) electrons. The molecule has 1 amide bonds. The van der Waals surface area contributed by atoms with Crippen LogP contribution in [0.4, 0.5) is 0 Å². The zero-order valence-electron chi connectivity index (χ0n) is 16.4. The summed E-state index contributed by atoms with van der Waals surface area (Å²) in [6.45, 7) is 1.37. The van der Waals surface area contributed by atoms with E-state index in [1.807, 2.05) is 30.3 Å². The third kappa shape index (κ3) is 6.03. The highest BCUT2D eigenvalue weighted by Crippen LogP contribution is 2.20. The first-order valence-corrected chi connectivity index (χ1v) is 11.0. The molecule has 3 rings (SSSR count). The smallest absolute Gasteiger partial charge is 0.258 e. The summed E-state index contributed by atoms with van der Waals surface area (Å²) in [4.78, 5) is 12.0. The maximum absolute atomic E-state index is 12.7. The molecular weight excluding hydrogens is 392 g/mol. The second-order valence-electron chi connectivity index (χ2n) is 6.95. The molecule has 0 saturated carbocycles. The third-order valence-corrected chi connectivity index (χ3v) is 6.52. The van der Waals surface area contributed by atoms with E-state index in [1.54, 1.807) is 19.2 Å². The van der Waals surface area contributed by atoms with Gasteiger partial charge in [0.1, 0.15) is 5.75 Å². The molecule has 8 heteroatoms. The Labute approximate surface area is 171 Å². The Morgan fingerprint density at radius 1 is 1.17 bits per heavy atom. The highest BCUT2D eigenvalue weighted by atomic mass is 32.2. The minimum Gasteiger partial charge on any atom is -0.484 e. The predicted molar refractivity (Wildman–Crippen MR) is 109 cm³/mol. The fraction of sp³-hybridized carbons (Fsp3) is 0.381. The number of hydrogen-bond donors (Lipinski definition) is 1. The molecule has 0 aromatic heterocycles. The van der Waals surface area contributed by atoms with E-state index >= 15 is 0 Å². The largest absolute Gasteiger partial charge is 0.484 e. The maximum atomic E-state index is 12.7. The fourth-order valence-corrected chi connectivity index (χ4v) is 4.21. The standard InChI is InChI=1S/C21H26N2O5S/c1-23(15-17-6-3-2-4-7-17)29(25,26)20-11-9-18(10-12-20)28-16-21(24)22-14-19-8-5-13-27-19/h2-4,6-7,9-12,19H,5,8,13-16H2,1H3,(H,22,24)/t19-/m1/s1. The average Bonchev–Trinajstić information content (AvgIpc) is 3.25. The number of benzene rings is 2. The number of nitrogens with zero attached hydrogens (tertiary/aromatic N) is 1. The van der Waals surface area contributed by atoms with Crippen LogP contribution in [0.2, 0.25) is 0 Å². The first-order valence-electron chi connectivity index (χ1n) is 9.56. The molecule has 1 saturated heterocycles. The molecule has 7 nitrogen and oxygen atoms in total. The summed E-state index contributed by atoms with van der Waals surface area (Å²) < 4.78 is 37.7. The van der Waals surface area contributed by atoms with Crippen LogP contribution in [0.25, 0.3) is 0 Å². The van der Waals surface area contributed by atoms with Crippen LogP contribution < -0.4 is 10.1 Å². The number of amides is 1. The maximum Gasteiger partial charge on any atom is 0.258 e. The van der Waals surface area contributed by atoms with Crippen LogP contribution in [-0.2, 0) is 26.1 Å². The first kappa shape index (κ1) is 21.3. The lowest BCUT2D eigenvalue weighted by atomic mass is 10.2. The molecule has 0 aliphatic carbocycles. The minimum absolute atomic E-state index is 0.0799. The van der Waals surface area contributed by atoms with Crippen LogP contribution >= 0.6 is 0 Å². The van der Waals surface area contributed by atoms with Crippen LogP contribution in [0.15, 0.2) is 59.5 Å². The van der Waals surface area contributed by atoms with E-state index in [9.17, 15) is 13.2 Å². The third-order valence-electron chi connectivity index (χ3n) is 4.70. The topological polar surface area (TPSA) is 84.9 Å². The van der Waals surface area contributed by atoms with Crippen molar-refractivity contribution in [3.8, 4) is 5.75 Å². The van der Waals surface area contributed by atoms with Crippen LogP contribution in [0.3, 0.4) is 0 Å². The molecule has 1 atom stereocenters. The molecule has 2 aromatic carbocycles. The Morgan fingerprint density at radius 3 is 2.55 bits per heavy atom. The number of ether oxygens (including phenoxy) is 2. The van der Waals surface area contributed by atoms with Gasteiger partial charge in [0.25, 0.3) is 5.91 Å². The van der Waals surface area contributed by atoms with Gasteiger partial charge < -0.3 is 14.8 Å². The summed E-state index contributed by atoms with van der Waals surface area (Å²) in [5.74, 6) is 0.196. The van der Waals surface area contributed by atoms with Crippen molar-refractivity contribution >= 4 is 15.9 Å². The molecule has 0 unspecified atom stereocenters. The molecule has 0 bridgehead atoms. The van der Waals surface area contributed by atoms with Crippen LogP contribution in [0, 0.1) is 0 Å². The van der Waals surface area contributed by atoms with Crippen molar-refractivity contribution in [2.24, 2.45) is 0 Å². The summed E-state index contributed by atoms with van der Waals surface area (Å²) in [7, 11) is -2.07. The Balaban J connectivity index is 1.51. The zero-order valence-corrected chi connectivity index (χ0v) is 17.2. The molecular formula is C21H26N2O5S. The highest BCUT2D eigenvalue weighted by molar-refractivity contribution is 7.89. The van der Waals surface area contributed by atoms with Crippen molar-refractivity contribution in [1.29, 1.82) is 0 Å². The Hall–Kier alpha value is -2.42. The van der Waals surface area contributed by atoms with E-state index in [4.69, 9.17) is 9.47 Å². The van der Waals surface area contributed by atoms with Crippen LogP contribution in [0.1, 0.15) is 18.4 Å². The Bertz CT molecular complexity index is 894. The van der Waals surface area contributed by atoms with Crippen molar-refractivity contribution in [2.45, 2.75) is 30.4 Å². The van der Waals surface area contributed by atoms with Crippen LogP contribution in [0.5, 0.6) is 5.75 Å². The summed E-state index contributed by atoms with van der Waals surface area (Å²) in [6.07, 6.45) is 2.05. The molecule has 1 N–H and O–H groups in total. The lowest BCUT2D eigenvalue weighted by Crippen LogP contribution is -2.35. The Kier molecular flexibility index (Phi) is 7.24.